The quantitative estimate of drug-likeness (QED) is 0.732. The number of hydrogen-bond acceptors (Lipinski definition) is 5. The third kappa shape index (κ3) is 2.85. The van der Waals surface area contributed by atoms with E-state index in [9.17, 15) is 18.3 Å². The van der Waals surface area contributed by atoms with E-state index in [1.54, 1.807) is 18.2 Å². The van der Waals surface area contributed by atoms with E-state index < -0.39 is 31.9 Å². The Kier molecular flexibility index (Phi) is 4.74. The third-order valence-corrected chi connectivity index (χ3v) is 6.87. The Bertz CT molecular complexity index is 744. The fourth-order valence-corrected chi connectivity index (χ4v) is 5.23. The molecule has 0 saturated carbocycles. The van der Waals surface area contributed by atoms with Crippen molar-refractivity contribution < 1.29 is 26.4 Å². The molecule has 2 atom stereocenters. The molecule has 6 nitrogen and oxygen atoms in total. The Morgan fingerprint density at radius 1 is 1.35 bits per heavy atom. The van der Waals surface area contributed by atoms with Crippen LogP contribution in [0.2, 0.25) is 10.0 Å². The van der Waals surface area contributed by atoms with E-state index >= 15 is 0 Å². The number of benzene rings is 1. The zero-order chi connectivity index (χ0) is 17.6. The van der Waals surface area contributed by atoms with Crippen LogP contribution in [0, 0.1) is 0 Å². The van der Waals surface area contributed by atoms with Crippen LogP contribution in [0.5, 0.6) is 0 Å². The van der Waals surface area contributed by atoms with E-state index in [0.29, 0.717) is 15.6 Å². The molecule has 1 amide bonds. The highest BCUT2D eigenvalue weighted by Crippen LogP contribution is 2.40. The molecule has 0 N–H and O–H groups in total. The van der Waals surface area contributed by atoms with Gasteiger partial charge >= 0.3 is 10.3 Å². The summed E-state index contributed by atoms with van der Waals surface area (Å²) in [6.07, 6.45) is -1.57. The number of hydrogen-bond donors (Lipinski definition) is 0. The Balaban J connectivity index is 2.52. The summed E-state index contributed by atoms with van der Waals surface area (Å²) in [6.45, 7) is 4.33. The minimum absolute atomic E-state index is 0.140. The fourth-order valence-electron chi connectivity index (χ4n) is 3.06. The van der Waals surface area contributed by atoms with Gasteiger partial charge in [-0.1, -0.05) is 29.3 Å². The van der Waals surface area contributed by atoms with Gasteiger partial charge in [0.15, 0.2) is 0 Å². The first kappa shape index (κ1) is 18.5. The molecule has 1 aromatic rings. The van der Waals surface area contributed by atoms with Crippen molar-refractivity contribution in [2.75, 3.05) is 6.61 Å². The summed E-state index contributed by atoms with van der Waals surface area (Å²) in [6, 6.07) is 3.98. The van der Waals surface area contributed by atoms with Crippen LogP contribution in [0.3, 0.4) is 0 Å². The first-order valence-corrected chi connectivity index (χ1v) is 8.99. The molecule has 2 rings (SSSR count). The molecule has 1 heterocycles. The van der Waals surface area contributed by atoms with Gasteiger partial charge in [-0.25, -0.2) is 4.18 Å². The summed E-state index contributed by atoms with van der Waals surface area (Å²) in [4.78, 5) is 11.9. The highest BCUT2D eigenvalue weighted by molar-refractivity contribution is 7.81. The average molecular weight is 382 g/mol. The highest BCUT2D eigenvalue weighted by atomic mass is 35.5. The maximum absolute atomic E-state index is 12.4. The van der Waals surface area contributed by atoms with Gasteiger partial charge in [-0.3, -0.25) is 0 Å². The number of rotatable bonds is 2. The minimum Gasteiger partial charge on any atom is -0.497 e. The summed E-state index contributed by atoms with van der Waals surface area (Å²) in [5.41, 5.74) is -0.507. The number of quaternary nitrogens is 1. The third-order valence-electron chi connectivity index (χ3n) is 4.00. The average Bonchev–Trinajstić information content (AvgIpc) is 2.65. The summed E-state index contributed by atoms with van der Waals surface area (Å²) < 4.78 is 28.3. The van der Waals surface area contributed by atoms with Crippen LogP contribution in [0.4, 0.5) is 4.79 Å². The Hall–Kier alpha value is -0.860. The van der Waals surface area contributed by atoms with Crippen LogP contribution in [0.1, 0.15) is 26.3 Å². The van der Waals surface area contributed by atoms with Crippen LogP contribution in [-0.4, -0.2) is 36.6 Å². The second kappa shape index (κ2) is 5.89. The van der Waals surface area contributed by atoms with Crippen molar-refractivity contribution in [3.63, 3.8) is 0 Å². The van der Waals surface area contributed by atoms with Crippen LogP contribution >= 0.6 is 23.2 Å². The van der Waals surface area contributed by atoms with E-state index in [0.717, 1.165) is 0 Å². The number of amides is 1. The molecule has 9 heteroatoms. The predicted molar refractivity (Wildman–Crippen MR) is 84.2 cm³/mol. The van der Waals surface area contributed by atoms with Gasteiger partial charge < -0.3 is 9.90 Å². The lowest BCUT2D eigenvalue weighted by Crippen LogP contribution is -2.72. The molecule has 1 unspecified atom stereocenters. The van der Waals surface area contributed by atoms with Gasteiger partial charge in [0.25, 0.3) is 6.09 Å². The molecular formula is C14H17Cl2NO5S. The van der Waals surface area contributed by atoms with E-state index in [1.807, 2.05) is 0 Å². The molecule has 1 fully saturated rings. The van der Waals surface area contributed by atoms with Gasteiger partial charge in [-0.05, 0) is 38.5 Å². The molecule has 0 bridgehead atoms. The lowest BCUT2D eigenvalue weighted by Gasteiger charge is -2.44. The van der Waals surface area contributed by atoms with E-state index in [2.05, 4.69) is 0 Å². The molecule has 128 valence electrons. The topological polar surface area (TPSA) is 83.5 Å². The molecule has 1 aliphatic heterocycles. The van der Waals surface area contributed by atoms with E-state index in [-0.39, 0.29) is 13.0 Å². The van der Waals surface area contributed by atoms with Gasteiger partial charge in [0, 0.05) is 6.42 Å². The SMILES string of the molecule is CC(C)(C)[N+]1(C(=O)[O-])[C@@H](Cc2ccc(Cl)c(Cl)c2)COS1(=O)=O. The van der Waals surface area contributed by atoms with Crippen molar-refractivity contribution in [1.29, 1.82) is 0 Å². The van der Waals surface area contributed by atoms with Crippen LogP contribution < -0.4 is 5.11 Å². The molecule has 1 saturated heterocycles. The first-order valence-electron chi connectivity index (χ1n) is 6.87. The number of carbonyl (C=O) groups excluding carboxylic acids is 1. The summed E-state index contributed by atoms with van der Waals surface area (Å²) >= 11 is 11.8. The summed E-state index contributed by atoms with van der Waals surface area (Å²) in [5, 5.41) is 12.5. The highest BCUT2D eigenvalue weighted by Gasteiger charge is 2.64. The van der Waals surface area contributed by atoms with Crippen molar-refractivity contribution in [1.82, 2.24) is 0 Å². The van der Waals surface area contributed by atoms with Crippen molar-refractivity contribution in [3.05, 3.63) is 33.8 Å². The molecule has 1 aromatic carbocycles. The van der Waals surface area contributed by atoms with Crippen molar-refractivity contribution in [3.8, 4) is 0 Å². The van der Waals surface area contributed by atoms with Crippen molar-refractivity contribution >= 4 is 39.6 Å². The van der Waals surface area contributed by atoms with E-state index in [1.165, 1.54) is 20.8 Å². The lowest BCUT2D eigenvalue weighted by atomic mass is 9.99. The Morgan fingerprint density at radius 2 is 1.96 bits per heavy atom. The number of carboxylic acid groups (broad SMARTS) is 1. The lowest BCUT2D eigenvalue weighted by molar-refractivity contribution is -0.824. The molecular weight excluding hydrogens is 365 g/mol. The molecule has 0 aliphatic carbocycles. The monoisotopic (exact) mass is 381 g/mol. The smallest absolute Gasteiger partial charge is 0.442 e. The molecule has 0 radical (unpaired) electrons. The van der Waals surface area contributed by atoms with Gasteiger partial charge in [0.1, 0.15) is 18.2 Å². The summed E-state index contributed by atoms with van der Waals surface area (Å²) in [7, 11) is -4.38. The number of nitrogens with zero attached hydrogens (tertiary/aromatic N) is 1. The largest absolute Gasteiger partial charge is 0.497 e. The Labute approximate surface area is 145 Å². The van der Waals surface area contributed by atoms with Crippen molar-refractivity contribution in [2.24, 2.45) is 0 Å². The predicted octanol–water partition coefficient (Wildman–Crippen LogP) is 2.14. The maximum atomic E-state index is 12.4. The number of halogens is 2. The molecule has 0 spiro atoms. The second-order valence-electron chi connectivity index (χ2n) is 6.41. The minimum atomic E-state index is -4.38. The Morgan fingerprint density at radius 3 is 2.43 bits per heavy atom. The van der Waals surface area contributed by atoms with Gasteiger partial charge in [0.2, 0.25) is 0 Å². The van der Waals surface area contributed by atoms with Crippen LogP contribution in [-0.2, 0) is 20.9 Å². The van der Waals surface area contributed by atoms with Gasteiger partial charge in [-0.15, -0.1) is 12.3 Å². The van der Waals surface area contributed by atoms with Crippen LogP contribution in [0.25, 0.3) is 0 Å². The number of carbonyl (C=O) groups is 1. The fraction of sp³-hybridized carbons (Fsp3) is 0.500. The van der Waals surface area contributed by atoms with Gasteiger partial charge in [0.05, 0.1) is 10.0 Å². The first-order chi connectivity index (χ1) is 10.4. The zero-order valence-electron chi connectivity index (χ0n) is 12.9. The van der Waals surface area contributed by atoms with Crippen molar-refractivity contribution in [2.45, 2.75) is 38.8 Å². The van der Waals surface area contributed by atoms with E-state index in [4.69, 9.17) is 27.4 Å². The summed E-state index contributed by atoms with van der Waals surface area (Å²) in [5.74, 6) is 0. The zero-order valence-corrected chi connectivity index (χ0v) is 15.2. The molecule has 1 aliphatic rings. The second-order valence-corrected chi connectivity index (χ2v) is 8.89. The standard InChI is InChI=1S/C14H17Cl2NO5S/c1-14(2,3)17(13(18)19)10(8-22-23(17,20)21)6-9-4-5-11(15)12(16)7-9/h4-5,7,10H,6,8H2,1-3H3/t10-,17?/m0/s1. The maximum Gasteiger partial charge on any atom is 0.442 e. The van der Waals surface area contributed by atoms with Gasteiger partial charge in [-0.2, -0.15) is 0 Å². The van der Waals surface area contributed by atoms with Crippen LogP contribution in [0.15, 0.2) is 18.2 Å². The molecule has 0 aromatic heterocycles. The molecule has 23 heavy (non-hydrogen) atoms. The normalized spacial score (nSPS) is 27.1.